The highest BCUT2D eigenvalue weighted by molar-refractivity contribution is 6.31. The third-order valence-corrected chi connectivity index (χ3v) is 4.22. The Hall–Kier alpha value is -2.18. The number of hydrogen-bond donors (Lipinski definition) is 1. The number of hydrogen-bond acceptors (Lipinski definition) is 3. The van der Waals surface area contributed by atoms with Crippen LogP contribution >= 0.6 is 11.6 Å². The second-order valence-corrected chi connectivity index (χ2v) is 5.74. The summed E-state index contributed by atoms with van der Waals surface area (Å²) in [6.45, 7) is 1.73. The summed E-state index contributed by atoms with van der Waals surface area (Å²) in [5.41, 5.74) is 10.9. The highest BCUT2D eigenvalue weighted by atomic mass is 35.5. The van der Waals surface area contributed by atoms with Gasteiger partial charge in [0, 0.05) is 29.5 Å². The Morgan fingerprint density at radius 3 is 2.86 bits per heavy atom. The van der Waals surface area contributed by atoms with E-state index < -0.39 is 0 Å². The van der Waals surface area contributed by atoms with Gasteiger partial charge in [-0.25, -0.2) is 0 Å². The molecule has 0 aromatic heterocycles. The van der Waals surface area contributed by atoms with Crippen molar-refractivity contribution in [2.75, 3.05) is 17.2 Å². The molecule has 21 heavy (non-hydrogen) atoms. The fraction of sp³-hybridized carbons (Fsp3) is 0.235. The van der Waals surface area contributed by atoms with Crippen molar-refractivity contribution >= 4 is 23.0 Å². The Balaban J connectivity index is 1.90. The second kappa shape index (κ2) is 5.67. The van der Waals surface area contributed by atoms with E-state index in [0.29, 0.717) is 10.6 Å². The van der Waals surface area contributed by atoms with Crippen molar-refractivity contribution in [1.82, 2.24) is 0 Å². The zero-order valence-corrected chi connectivity index (χ0v) is 12.4. The summed E-state index contributed by atoms with van der Waals surface area (Å²) < 4.78 is 0. The van der Waals surface area contributed by atoms with Crippen molar-refractivity contribution in [1.29, 1.82) is 5.26 Å². The fourth-order valence-corrected chi connectivity index (χ4v) is 3.02. The number of nitrogens with two attached hydrogens (primary N) is 1. The maximum absolute atomic E-state index is 8.90. The van der Waals surface area contributed by atoms with Crippen LogP contribution in [0.25, 0.3) is 0 Å². The molecule has 4 heteroatoms. The molecule has 0 unspecified atom stereocenters. The van der Waals surface area contributed by atoms with Crippen LogP contribution in [0.15, 0.2) is 36.4 Å². The zero-order valence-electron chi connectivity index (χ0n) is 11.6. The predicted molar refractivity (Wildman–Crippen MR) is 86.4 cm³/mol. The first-order valence-corrected chi connectivity index (χ1v) is 7.37. The number of anilines is 2. The van der Waals surface area contributed by atoms with Gasteiger partial charge in [-0.1, -0.05) is 23.7 Å². The van der Waals surface area contributed by atoms with Crippen molar-refractivity contribution in [3.63, 3.8) is 0 Å². The summed E-state index contributed by atoms with van der Waals surface area (Å²) in [6.07, 6.45) is 2.22. The molecule has 0 spiro atoms. The van der Waals surface area contributed by atoms with Gasteiger partial charge in [0.1, 0.15) is 0 Å². The lowest BCUT2D eigenvalue weighted by Gasteiger charge is -2.32. The van der Waals surface area contributed by atoms with Crippen molar-refractivity contribution < 1.29 is 0 Å². The lowest BCUT2D eigenvalue weighted by atomic mass is 10.0. The molecule has 2 N–H and O–H groups in total. The van der Waals surface area contributed by atoms with E-state index in [1.165, 1.54) is 11.3 Å². The maximum Gasteiger partial charge on any atom is 0.0992 e. The van der Waals surface area contributed by atoms with Crippen LogP contribution in [0.1, 0.15) is 23.1 Å². The number of aryl methyl sites for hydroxylation is 1. The van der Waals surface area contributed by atoms with Crippen molar-refractivity contribution in [3.8, 4) is 6.07 Å². The Labute approximate surface area is 129 Å². The molecular formula is C17H16ClN3. The number of fused-ring (bicyclic) bond motifs is 1. The summed E-state index contributed by atoms with van der Waals surface area (Å²) in [5.74, 6) is 0. The largest absolute Gasteiger partial charge is 0.399 e. The number of halogens is 1. The van der Waals surface area contributed by atoms with Gasteiger partial charge in [0.05, 0.1) is 11.6 Å². The molecule has 1 heterocycles. The summed E-state index contributed by atoms with van der Waals surface area (Å²) in [5, 5.41) is 9.55. The van der Waals surface area contributed by atoms with E-state index >= 15 is 0 Å². The van der Waals surface area contributed by atoms with Crippen LogP contribution in [0.4, 0.5) is 11.4 Å². The van der Waals surface area contributed by atoms with Crippen molar-refractivity contribution in [2.24, 2.45) is 0 Å². The highest BCUT2D eigenvalue weighted by Gasteiger charge is 2.18. The molecule has 0 fully saturated rings. The molecule has 0 saturated carbocycles. The minimum atomic E-state index is 0.590. The van der Waals surface area contributed by atoms with Crippen LogP contribution in [0, 0.1) is 11.3 Å². The van der Waals surface area contributed by atoms with Gasteiger partial charge in [0.2, 0.25) is 0 Å². The SMILES string of the molecule is N#Cc1ccc(CN2CCCc3ccc(N)cc32)c(Cl)c1. The highest BCUT2D eigenvalue weighted by Crippen LogP contribution is 2.31. The van der Waals surface area contributed by atoms with Gasteiger partial charge in [-0.3, -0.25) is 0 Å². The Kier molecular flexibility index (Phi) is 3.72. The van der Waals surface area contributed by atoms with Crippen LogP contribution < -0.4 is 10.6 Å². The van der Waals surface area contributed by atoms with Gasteiger partial charge in [-0.05, 0) is 48.2 Å². The first-order valence-electron chi connectivity index (χ1n) is 6.99. The van der Waals surface area contributed by atoms with E-state index in [9.17, 15) is 0 Å². The van der Waals surface area contributed by atoms with Gasteiger partial charge in [-0.2, -0.15) is 5.26 Å². The zero-order chi connectivity index (χ0) is 14.8. The number of nitrogens with zero attached hydrogens (tertiary/aromatic N) is 2. The normalized spacial score (nSPS) is 13.6. The van der Waals surface area contributed by atoms with Crippen molar-refractivity contribution in [3.05, 3.63) is 58.1 Å². The van der Waals surface area contributed by atoms with E-state index in [4.69, 9.17) is 22.6 Å². The maximum atomic E-state index is 8.90. The summed E-state index contributed by atoms with van der Waals surface area (Å²) in [4.78, 5) is 2.31. The number of benzene rings is 2. The Morgan fingerprint density at radius 2 is 2.10 bits per heavy atom. The minimum Gasteiger partial charge on any atom is -0.399 e. The molecule has 1 aliphatic rings. The first-order chi connectivity index (χ1) is 10.2. The van der Waals surface area contributed by atoms with Crippen LogP contribution in [0.3, 0.4) is 0 Å². The average Bonchev–Trinajstić information content (AvgIpc) is 2.49. The standard InChI is InChI=1S/C17H16ClN3/c18-16-8-12(10-19)3-4-14(16)11-21-7-1-2-13-5-6-15(20)9-17(13)21/h3-6,8-9H,1-2,7,11,20H2. The molecule has 106 valence electrons. The smallest absolute Gasteiger partial charge is 0.0992 e. The van der Waals surface area contributed by atoms with E-state index in [1.807, 2.05) is 24.3 Å². The third kappa shape index (κ3) is 2.81. The summed E-state index contributed by atoms with van der Waals surface area (Å²) >= 11 is 6.28. The van der Waals surface area contributed by atoms with E-state index in [1.54, 1.807) is 6.07 Å². The third-order valence-electron chi connectivity index (χ3n) is 3.87. The molecule has 1 aliphatic heterocycles. The quantitative estimate of drug-likeness (QED) is 0.859. The minimum absolute atomic E-state index is 0.590. The average molecular weight is 298 g/mol. The Morgan fingerprint density at radius 1 is 1.24 bits per heavy atom. The molecule has 0 aliphatic carbocycles. The number of nitrogen functional groups attached to an aromatic ring is 1. The summed E-state index contributed by atoms with van der Waals surface area (Å²) in [6, 6.07) is 13.7. The first kappa shape index (κ1) is 13.8. The molecular weight excluding hydrogens is 282 g/mol. The van der Waals surface area contributed by atoms with Crippen LogP contribution in [-0.4, -0.2) is 6.54 Å². The molecule has 0 radical (unpaired) electrons. The molecule has 0 atom stereocenters. The van der Waals surface area contributed by atoms with E-state index in [2.05, 4.69) is 17.0 Å². The monoisotopic (exact) mass is 297 g/mol. The lowest BCUT2D eigenvalue weighted by molar-refractivity contribution is 0.691. The molecule has 2 aromatic rings. The summed E-state index contributed by atoms with van der Waals surface area (Å²) in [7, 11) is 0. The fourth-order valence-electron chi connectivity index (χ4n) is 2.78. The van der Waals surface area contributed by atoms with Gasteiger partial charge in [0.25, 0.3) is 0 Å². The molecule has 0 amide bonds. The number of rotatable bonds is 2. The Bertz CT molecular complexity index is 718. The van der Waals surface area contributed by atoms with Crippen LogP contribution in [0.2, 0.25) is 5.02 Å². The molecule has 2 aromatic carbocycles. The van der Waals surface area contributed by atoms with Gasteiger partial charge < -0.3 is 10.6 Å². The molecule has 3 rings (SSSR count). The number of nitriles is 1. The lowest BCUT2D eigenvalue weighted by Crippen LogP contribution is -2.29. The van der Waals surface area contributed by atoms with E-state index in [-0.39, 0.29) is 0 Å². The van der Waals surface area contributed by atoms with Gasteiger partial charge in [-0.15, -0.1) is 0 Å². The van der Waals surface area contributed by atoms with E-state index in [0.717, 1.165) is 37.2 Å². The van der Waals surface area contributed by atoms with Crippen LogP contribution in [-0.2, 0) is 13.0 Å². The second-order valence-electron chi connectivity index (χ2n) is 5.33. The van der Waals surface area contributed by atoms with Crippen molar-refractivity contribution in [2.45, 2.75) is 19.4 Å². The topological polar surface area (TPSA) is 53.0 Å². The molecule has 0 bridgehead atoms. The van der Waals surface area contributed by atoms with Crippen LogP contribution in [0.5, 0.6) is 0 Å². The molecule has 3 nitrogen and oxygen atoms in total. The van der Waals surface area contributed by atoms with Gasteiger partial charge in [0.15, 0.2) is 0 Å². The predicted octanol–water partition coefficient (Wildman–Crippen LogP) is 3.75. The van der Waals surface area contributed by atoms with Gasteiger partial charge >= 0.3 is 0 Å². The molecule has 0 saturated heterocycles.